The van der Waals surface area contributed by atoms with E-state index < -0.39 is 45.8 Å². The lowest BCUT2D eigenvalue weighted by atomic mass is 10.0. The first-order chi connectivity index (χ1) is 29.8. The highest BCUT2D eigenvalue weighted by Crippen LogP contribution is 2.43. The van der Waals surface area contributed by atoms with Gasteiger partial charge in [0.1, 0.15) is 12.2 Å². The van der Waals surface area contributed by atoms with Gasteiger partial charge in [-0.05, 0) is 57.8 Å². The van der Waals surface area contributed by atoms with Gasteiger partial charge in [0.15, 0.2) is 0 Å². The molecule has 0 aliphatic carbocycles. The minimum Gasteiger partial charge on any atom is -0.457 e. The Morgan fingerprint density at radius 2 is 0.934 bits per heavy atom. The molecule has 0 saturated carbocycles. The van der Waals surface area contributed by atoms with Crippen LogP contribution in [0.1, 0.15) is 213 Å². The van der Waals surface area contributed by atoms with Crippen LogP contribution in [0.25, 0.3) is 0 Å². The van der Waals surface area contributed by atoms with Crippen molar-refractivity contribution < 1.29 is 43.0 Å². The summed E-state index contributed by atoms with van der Waals surface area (Å²) in [4.78, 5) is 22.7. The van der Waals surface area contributed by atoms with Gasteiger partial charge < -0.3 is 24.6 Å². The number of hydrogen-bond donors (Lipinski definition) is 3. The van der Waals surface area contributed by atoms with Gasteiger partial charge in [0.25, 0.3) is 0 Å². The van der Waals surface area contributed by atoms with Crippen molar-refractivity contribution in [2.75, 3.05) is 33.0 Å². The highest BCUT2D eigenvalue weighted by molar-refractivity contribution is 7.47. The van der Waals surface area contributed by atoms with Crippen molar-refractivity contribution in [2.24, 2.45) is 0 Å². The zero-order valence-corrected chi connectivity index (χ0v) is 40.0. The van der Waals surface area contributed by atoms with Crippen LogP contribution in [0.15, 0.2) is 60.8 Å². The number of rotatable bonds is 47. The smallest absolute Gasteiger partial charge is 0.457 e. The molecule has 3 N–H and O–H groups in total. The van der Waals surface area contributed by atoms with Gasteiger partial charge in [-0.1, -0.05) is 209 Å². The number of allylic oxidation sites excluding steroid dienone is 10. The average molecular weight is 881 g/mol. The molecule has 0 amide bonds. The number of aliphatic hydroxyl groups excluding tert-OH is 2. The van der Waals surface area contributed by atoms with E-state index in [-0.39, 0.29) is 13.0 Å². The Morgan fingerprint density at radius 1 is 0.525 bits per heavy atom. The standard InChI is InChI=1S/C51H93O9P/c1-3-5-7-9-11-13-15-17-19-21-23-24-25-26-27-29-31-33-35-37-39-41-43-51(54)60-50(48-59-61(55,56)58-46-49(53)45-52)47-57-44-42-40-38-36-34-32-30-28-22-20-18-16-14-12-10-8-6-4-2/h6,8,12,14,18,20,28,30,34,36,49-50,52-53H,3-5,7,9-11,13,15-17,19,21-27,29,31-33,35,37-48H2,1-2H3,(H,55,56)/b8-6-,14-12-,20-18-,30-28-,36-34-. The van der Waals surface area contributed by atoms with Crippen molar-refractivity contribution in [3.8, 4) is 0 Å². The Labute approximate surface area is 374 Å². The van der Waals surface area contributed by atoms with Crippen LogP contribution < -0.4 is 0 Å². The number of unbranched alkanes of at least 4 members (excludes halogenated alkanes) is 23. The highest BCUT2D eigenvalue weighted by atomic mass is 31.2. The first-order valence-corrected chi connectivity index (χ1v) is 26.3. The number of carbonyl (C=O) groups excluding carboxylic acids is 1. The van der Waals surface area contributed by atoms with E-state index in [4.69, 9.17) is 23.6 Å². The summed E-state index contributed by atoms with van der Waals surface area (Å²) in [6.07, 6.45) is 56.3. The second-order valence-corrected chi connectivity index (χ2v) is 17.9. The minimum atomic E-state index is -4.54. The van der Waals surface area contributed by atoms with Crippen LogP contribution in [0.3, 0.4) is 0 Å². The van der Waals surface area contributed by atoms with E-state index in [1.165, 1.54) is 122 Å². The second kappa shape index (κ2) is 47.6. The maximum Gasteiger partial charge on any atom is 0.472 e. The largest absolute Gasteiger partial charge is 0.472 e. The molecular weight excluding hydrogens is 788 g/mol. The van der Waals surface area contributed by atoms with Crippen molar-refractivity contribution >= 4 is 13.8 Å². The Morgan fingerprint density at radius 3 is 1.38 bits per heavy atom. The van der Waals surface area contributed by atoms with Gasteiger partial charge in [-0.3, -0.25) is 13.8 Å². The third-order valence-electron chi connectivity index (χ3n) is 10.5. The van der Waals surface area contributed by atoms with Crippen molar-refractivity contribution in [3.63, 3.8) is 0 Å². The molecule has 9 nitrogen and oxygen atoms in total. The van der Waals surface area contributed by atoms with Crippen molar-refractivity contribution in [2.45, 2.75) is 225 Å². The number of aliphatic hydroxyl groups is 2. The lowest BCUT2D eigenvalue weighted by Gasteiger charge is -2.20. The summed E-state index contributed by atoms with van der Waals surface area (Å²) >= 11 is 0. The molecule has 0 heterocycles. The molecule has 0 aromatic heterocycles. The van der Waals surface area contributed by atoms with Gasteiger partial charge in [-0.2, -0.15) is 0 Å². The number of carbonyl (C=O) groups is 1. The molecule has 0 radical (unpaired) electrons. The maximum absolute atomic E-state index is 12.7. The van der Waals surface area contributed by atoms with Gasteiger partial charge in [-0.25, -0.2) is 4.57 Å². The Kier molecular flexibility index (Phi) is 46.2. The van der Waals surface area contributed by atoms with Gasteiger partial charge in [0.2, 0.25) is 0 Å². The third kappa shape index (κ3) is 47.5. The molecule has 0 aromatic carbocycles. The quantitative estimate of drug-likeness (QED) is 0.0237. The van der Waals surface area contributed by atoms with E-state index in [0.717, 1.165) is 70.6 Å². The summed E-state index contributed by atoms with van der Waals surface area (Å²) in [7, 11) is -4.54. The van der Waals surface area contributed by atoms with Crippen LogP contribution in [0.2, 0.25) is 0 Å². The molecular formula is C51H93O9P. The molecule has 0 aliphatic rings. The SMILES string of the molecule is CC/C=C\C/C=C\C/C=C\C/C=C\C/C=C\CCCCOCC(COP(=O)(O)OCC(O)CO)OC(=O)CCCCCCCCCCCCCCCCCCCCCCCC. The lowest BCUT2D eigenvalue weighted by molar-refractivity contribution is -0.154. The van der Waals surface area contributed by atoms with Crippen LogP contribution in [0.5, 0.6) is 0 Å². The van der Waals surface area contributed by atoms with E-state index in [9.17, 15) is 19.4 Å². The average Bonchev–Trinajstić information content (AvgIpc) is 3.25. The third-order valence-corrected chi connectivity index (χ3v) is 11.4. The summed E-state index contributed by atoms with van der Waals surface area (Å²) in [5, 5.41) is 18.4. The molecule has 0 fully saturated rings. The monoisotopic (exact) mass is 881 g/mol. The van der Waals surface area contributed by atoms with Crippen molar-refractivity contribution in [3.05, 3.63) is 60.8 Å². The molecule has 0 bridgehead atoms. The van der Waals surface area contributed by atoms with Crippen LogP contribution in [0.4, 0.5) is 0 Å². The predicted molar refractivity (Wildman–Crippen MR) is 256 cm³/mol. The molecule has 0 rings (SSSR count). The first-order valence-electron chi connectivity index (χ1n) is 24.8. The molecule has 3 atom stereocenters. The van der Waals surface area contributed by atoms with E-state index in [2.05, 4.69) is 74.6 Å². The van der Waals surface area contributed by atoms with Crippen LogP contribution >= 0.6 is 7.82 Å². The Balaban J connectivity index is 4.13. The summed E-state index contributed by atoms with van der Waals surface area (Å²) in [6, 6.07) is 0. The number of hydrogen-bond acceptors (Lipinski definition) is 8. The number of esters is 1. The van der Waals surface area contributed by atoms with Gasteiger partial charge >= 0.3 is 13.8 Å². The highest BCUT2D eigenvalue weighted by Gasteiger charge is 2.26. The van der Waals surface area contributed by atoms with Crippen LogP contribution in [0, 0.1) is 0 Å². The summed E-state index contributed by atoms with van der Waals surface area (Å²) < 4.78 is 33.4. The molecule has 0 saturated heterocycles. The predicted octanol–water partition coefficient (Wildman–Crippen LogP) is 14.3. The van der Waals surface area contributed by atoms with Crippen LogP contribution in [-0.4, -0.2) is 66.3 Å². The fourth-order valence-electron chi connectivity index (χ4n) is 6.74. The summed E-state index contributed by atoms with van der Waals surface area (Å²) in [5.74, 6) is -0.395. The molecule has 3 unspecified atom stereocenters. The molecule has 61 heavy (non-hydrogen) atoms. The van der Waals surface area contributed by atoms with Crippen LogP contribution in [-0.2, 0) is 27.9 Å². The number of ether oxygens (including phenoxy) is 2. The Hall–Kier alpha value is -1.84. The van der Waals surface area contributed by atoms with E-state index >= 15 is 0 Å². The minimum absolute atomic E-state index is 0.0199. The maximum atomic E-state index is 12.7. The van der Waals surface area contributed by atoms with Gasteiger partial charge in [0.05, 0.1) is 26.4 Å². The molecule has 0 aliphatic heterocycles. The molecule has 10 heteroatoms. The lowest BCUT2D eigenvalue weighted by Crippen LogP contribution is -2.29. The topological polar surface area (TPSA) is 132 Å². The zero-order valence-electron chi connectivity index (χ0n) is 39.1. The Bertz CT molecular complexity index is 1140. The van der Waals surface area contributed by atoms with Crippen molar-refractivity contribution in [1.29, 1.82) is 0 Å². The van der Waals surface area contributed by atoms with E-state index in [1.54, 1.807) is 0 Å². The second-order valence-electron chi connectivity index (χ2n) is 16.5. The number of phosphoric acid groups is 1. The van der Waals surface area contributed by atoms with Gasteiger partial charge in [0, 0.05) is 13.0 Å². The number of phosphoric ester groups is 1. The van der Waals surface area contributed by atoms with E-state index in [0.29, 0.717) is 6.61 Å². The summed E-state index contributed by atoms with van der Waals surface area (Å²) in [5.41, 5.74) is 0. The first kappa shape index (κ1) is 59.2. The fourth-order valence-corrected chi connectivity index (χ4v) is 7.53. The normalized spacial score (nSPS) is 14.4. The van der Waals surface area contributed by atoms with E-state index in [1.807, 2.05) is 0 Å². The van der Waals surface area contributed by atoms with Gasteiger partial charge in [-0.15, -0.1) is 0 Å². The van der Waals surface area contributed by atoms with Crippen molar-refractivity contribution in [1.82, 2.24) is 0 Å². The summed E-state index contributed by atoms with van der Waals surface area (Å²) in [6.45, 7) is 3.32. The zero-order chi connectivity index (χ0) is 44.6. The molecule has 0 spiro atoms. The molecule has 0 aromatic rings. The fraction of sp³-hybridized carbons (Fsp3) is 0.784. The molecule has 356 valence electrons.